The van der Waals surface area contributed by atoms with E-state index in [0.29, 0.717) is 12.5 Å². The van der Waals surface area contributed by atoms with Gasteiger partial charge in [-0.1, -0.05) is 0 Å². The Kier molecular flexibility index (Phi) is 3.52. The molecular weight excluding hydrogens is 142 g/mol. The minimum atomic E-state index is 0.0662. The second-order valence-corrected chi connectivity index (χ2v) is 2.88. The first-order valence-corrected chi connectivity index (χ1v) is 4.01. The van der Waals surface area contributed by atoms with Crippen LogP contribution in [0.3, 0.4) is 0 Å². The molecule has 2 atom stereocenters. The Labute approximate surface area is 67.1 Å². The van der Waals surface area contributed by atoms with Crippen LogP contribution in [0.25, 0.3) is 0 Å². The maximum absolute atomic E-state index is 8.75. The minimum Gasteiger partial charge on any atom is -0.394 e. The summed E-state index contributed by atoms with van der Waals surface area (Å²) in [6.07, 6.45) is 4.03. The van der Waals surface area contributed by atoms with Crippen molar-refractivity contribution in [2.45, 2.75) is 18.9 Å². The van der Waals surface area contributed by atoms with Crippen LogP contribution in [0, 0.1) is 5.92 Å². The molecule has 1 unspecified atom stereocenters. The average molecular weight is 157 g/mol. The fraction of sp³-hybridized carbons (Fsp3) is 0.875. The van der Waals surface area contributed by atoms with Gasteiger partial charge < -0.3 is 14.8 Å². The maximum Gasteiger partial charge on any atom is 0.0806 e. The van der Waals surface area contributed by atoms with E-state index < -0.39 is 0 Å². The van der Waals surface area contributed by atoms with E-state index in [1.807, 2.05) is 6.21 Å². The third-order valence-corrected chi connectivity index (χ3v) is 1.97. The highest BCUT2D eigenvalue weighted by molar-refractivity contribution is 5.60. The molecular formula is C8H15NO2. The Hall–Kier alpha value is -0.410. The van der Waals surface area contributed by atoms with Gasteiger partial charge in [0, 0.05) is 19.2 Å². The minimum absolute atomic E-state index is 0.0662. The molecule has 0 aromatic carbocycles. The summed E-state index contributed by atoms with van der Waals surface area (Å²) >= 11 is 0. The van der Waals surface area contributed by atoms with E-state index >= 15 is 0 Å². The molecule has 1 N–H and O–H groups in total. The van der Waals surface area contributed by atoms with E-state index in [0.717, 1.165) is 12.8 Å². The molecule has 1 heterocycles. The summed E-state index contributed by atoms with van der Waals surface area (Å²) in [6, 6.07) is 0. The van der Waals surface area contributed by atoms with Crippen LogP contribution >= 0.6 is 0 Å². The average Bonchev–Trinajstić information content (AvgIpc) is 2.07. The van der Waals surface area contributed by atoms with Gasteiger partial charge in [-0.2, -0.15) is 0 Å². The fourth-order valence-electron chi connectivity index (χ4n) is 1.30. The lowest BCUT2D eigenvalue weighted by atomic mass is 10.00. The van der Waals surface area contributed by atoms with Crippen LogP contribution in [0.1, 0.15) is 12.8 Å². The van der Waals surface area contributed by atoms with Gasteiger partial charge in [0.1, 0.15) is 0 Å². The summed E-state index contributed by atoms with van der Waals surface area (Å²) in [6.45, 7) is 0.860. The first-order valence-electron chi connectivity index (χ1n) is 4.01. The van der Waals surface area contributed by atoms with Crippen molar-refractivity contribution in [3.8, 4) is 0 Å². The summed E-state index contributed by atoms with van der Waals surface area (Å²) in [5.41, 5.74) is 0. The molecule has 1 fully saturated rings. The predicted octanol–water partition coefficient (Wildman–Crippen LogP) is 0.474. The van der Waals surface area contributed by atoms with Crippen molar-refractivity contribution in [3.63, 3.8) is 0 Å². The number of aliphatic imine (C=N–C) groups is 1. The van der Waals surface area contributed by atoms with Gasteiger partial charge in [-0.05, 0) is 12.8 Å². The van der Waals surface area contributed by atoms with Crippen molar-refractivity contribution in [2.24, 2.45) is 10.9 Å². The lowest BCUT2D eigenvalue weighted by Crippen LogP contribution is -2.29. The molecule has 1 aliphatic rings. The number of hydrogen-bond acceptors (Lipinski definition) is 3. The van der Waals surface area contributed by atoms with Gasteiger partial charge in [0.15, 0.2) is 0 Å². The van der Waals surface area contributed by atoms with Gasteiger partial charge in [-0.15, -0.1) is 0 Å². The molecule has 0 bridgehead atoms. The first-order chi connectivity index (χ1) is 5.36. The fourth-order valence-corrected chi connectivity index (χ4v) is 1.30. The SMILES string of the molecule is C/N=C\C1CC[C@@H](CO)OC1. The third kappa shape index (κ3) is 2.60. The number of ether oxygens (including phenoxy) is 1. The van der Waals surface area contributed by atoms with Crippen LogP contribution in [-0.2, 0) is 4.74 Å². The predicted molar refractivity (Wildman–Crippen MR) is 44.0 cm³/mol. The molecule has 64 valence electrons. The van der Waals surface area contributed by atoms with Gasteiger partial charge in [0.25, 0.3) is 0 Å². The Morgan fingerprint density at radius 3 is 2.91 bits per heavy atom. The lowest BCUT2D eigenvalue weighted by molar-refractivity contribution is -0.0286. The van der Waals surface area contributed by atoms with Crippen LogP contribution in [-0.4, -0.2) is 37.7 Å². The zero-order valence-electron chi connectivity index (χ0n) is 6.86. The number of aliphatic hydroxyl groups is 1. The molecule has 11 heavy (non-hydrogen) atoms. The lowest BCUT2D eigenvalue weighted by Gasteiger charge is -2.25. The van der Waals surface area contributed by atoms with E-state index in [-0.39, 0.29) is 12.7 Å². The maximum atomic E-state index is 8.75. The Morgan fingerprint density at radius 2 is 2.45 bits per heavy atom. The molecule has 1 saturated heterocycles. The van der Waals surface area contributed by atoms with Crippen LogP contribution < -0.4 is 0 Å². The Balaban J connectivity index is 2.24. The van der Waals surface area contributed by atoms with E-state index in [2.05, 4.69) is 4.99 Å². The van der Waals surface area contributed by atoms with Crippen molar-refractivity contribution in [3.05, 3.63) is 0 Å². The highest BCUT2D eigenvalue weighted by Gasteiger charge is 2.18. The quantitative estimate of drug-likeness (QED) is 0.592. The van der Waals surface area contributed by atoms with E-state index in [9.17, 15) is 0 Å². The number of rotatable bonds is 2. The molecule has 3 nitrogen and oxygen atoms in total. The molecule has 0 aromatic heterocycles. The van der Waals surface area contributed by atoms with Gasteiger partial charge in [-0.3, -0.25) is 0 Å². The molecule has 0 spiro atoms. The highest BCUT2D eigenvalue weighted by atomic mass is 16.5. The van der Waals surface area contributed by atoms with Crippen molar-refractivity contribution in [2.75, 3.05) is 20.3 Å². The third-order valence-electron chi connectivity index (χ3n) is 1.97. The normalized spacial score (nSPS) is 32.9. The Bertz CT molecular complexity index is 128. The summed E-state index contributed by atoms with van der Waals surface area (Å²) in [5.74, 6) is 0.461. The van der Waals surface area contributed by atoms with Crippen LogP contribution in [0.2, 0.25) is 0 Å². The number of hydrogen-bond donors (Lipinski definition) is 1. The molecule has 0 amide bonds. The zero-order valence-corrected chi connectivity index (χ0v) is 6.86. The van der Waals surface area contributed by atoms with E-state index in [4.69, 9.17) is 9.84 Å². The van der Waals surface area contributed by atoms with E-state index in [1.54, 1.807) is 7.05 Å². The molecule has 0 aromatic rings. The van der Waals surface area contributed by atoms with Crippen LogP contribution in [0.15, 0.2) is 4.99 Å². The molecule has 1 aliphatic heterocycles. The van der Waals surface area contributed by atoms with Crippen molar-refractivity contribution >= 4 is 6.21 Å². The smallest absolute Gasteiger partial charge is 0.0806 e. The highest BCUT2D eigenvalue weighted by Crippen LogP contribution is 2.16. The van der Waals surface area contributed by atoms with Crippen LogP contribution in [0.5, 0.6) is 0 Å². The molecule has 0 aliphatic carbocycles. The Morgan fingerprint density at radius 1 is 1.64 bits per heavy atom. The molecule has 1 rings (SSSR count). The van der Waals surface area contributed by atoms with Crippen LogP contribution in [0.4, 0.5) is 0 Å². The molecule has 0 saturated carbocycles. The second kappa shape index (κ2) is 4.46. The topological polar surface area (TPSA) is 41.8 Å². The van der Waals surface area contributed by atoms with Gasteiger partial charge >= 0.3 is 0 Å². The van der Waals surface area contributed by atoms with Crippen molar-refractivity contribution in [1.82, 2.24) is 0 Å². The van der Waals surface area contributed by atoms with Crippen molar-refractivity contribution < 1.29 is 9.84 Å². The van der Waals surface area contributed by atoms with Gasteiger partial charge in [-0.25, -0.2) is 0 Å². The van der Waals surface area contributed by atoms with Gasteiger partial charge in [0.2, 0.25) is 0 Å². The standard InChI is InChI=1S/C8H15NO2/c1-9-4-7-2-3-8(5-10)11-6-7/h4,7-8,10H,2-3,5-6H2,1H3/b9-4-/t7?,8-/m0/s1. The summed E-state index contributed by atoms with van der Waals surface area (Å²) in [7, 11) is 1.78. The number of nitrogens with zero attached hydrogens (tertiary/aromatic N) is 1. The summed E-state index contributed by atoms with van der Waals surface area (Å²) in [4.78, 5) is 3.94. The van der Waals surface area contributed by atoms with Crippen molar-refractivity contribution in [1.29, 1.82) is 0 Å². The summed E-state index contributed by atoms with van der Waals surface area (Å²) in [5, 5.41) is 8.75. The first kappa shape index (κ1) is 8.68. The van der Waals surface area contributed by atoms with E-state index in [1.165, 1.54) is 0 Å². The number of aliphatic hydroxyl groups excluding tert-OH is 1. The van der Waals surface area contributed by atoms with Gasteiger partial charge in [0.05, 0.1) is 19.3 Å². The zero-order chi connectivity index (χ0) is 8.10. The molecule has 0 radical (unpaired) electrons. The monoisotopic (exact) mass is 157 g/mol. The largest absolute Gasteiger partial charge is 0.394 e. The molecule has 3 heteroatoms. The second-order valence-electron chi connectivity index (χ2n) is 2.88. The summed E-state index contributed by atoms with van der Waals surface area (Å²) < 4.78 is 5.35.